The Kier molecular flexibility index (Phi) is 10.6. The zero-order valence-electron chi connectivity index (χ0n) is 14.9. The molecule has 25 heavy (non-hydrogen) atoms. The van der Waals surface area contributed by atoms with E-state index in [0.29, 0.717) is 38.7 Å². The van der Waals surface area contributed by atoms with Gasteiger partial charge in [0.1, 0.15) is 6.10 Å². The number of rotatable bonds is 11. The Morgan fingerprint density at radius 1 is 1.12 bits per heavy atom. The van der Waals surface area contributed by atoms with Crippen molar-refractivity contribution in [1.29, 1.82) is 0 Å². The lowest BCUT2D eigenvalue weighted by molar-refractivity contribution is -0.202. The first-order chi connectivity index (χ1) is 12.0. The topological polar surface area (TPSA) is 88.1 Å². The molecule has 0 N–H and O–H groups in total. The first-order valence-corrected chi connectivity index (χ1v) is 8.85. The van der Waals surface area contributed by atoms with Gasteiger partial charge in [0.05, 0.1) is 13.2 Å². The monoisotopic (exact) mass is 356 g/mol. The summed E-state index contributed by atoms with van der Waals surface area (Å²) in [4.78, 5) is 34.3. The molecule has 2 unspecified atom stereocenters. The average Bonchev–Trinajstić information content (AvgIpc) is 2.59. The Bertz CT molecular complexity index is 447. The van der Waals surface area contributed by atoms with Crippen LogP contribution in [-0.2, 0) is 33.3 Å². The first kappa shape index (κ1) is 21.2. The molecule has 1 aliphatic rings. The van der Waals surface area contributed by atoms with E-state index in [1.54, 1.807) is 0 Å². The number of hydrogen-bond acceptors (Lipinski definition) is 7. The van der Waals surface area contributed by atoms with E-state index in [4.69, 9.17) is 18.9 Å². The highest BCUT2D eigenvalue weighted by molar-refractivity contribution is 5.81. The lowest BCUT2D eigenvalue weighted by Gasteiger charge is -2.28. The van der Waals surface area contributed by atoms with Crippen molar-refractivity contribution in [3.8, 4) is 0 Å². The Hall–Kier alpha value is -1.89. The van der Waals surface area contributed by atoms with Crippen LogP contribution in [0.25, 0.3) is 0 Å². The molecule has 142 valence electrons. The van der Waals surface area contributed by atoms with E-state index in [2.05, 4.69) is 6.58 Å². The minimum Gasteiger partial charge on any atom is -0.463 e. The highest BCUT2D eigenvalue weighted by Gasteiger charge is 2.27. The van der Waals surface area contributed by atoms with Crippen LogP contribution < -0.4 is 0 Å². The van der Waals surface area contributed by atoms with Crippen molar-refractivity contribution in [3.05, 3.63) is 12.7 Å². The third kappa shape index (κ3) is 9.86. The van der Waals surface area contributed by atoms with Gasteiger partial charge in [0, 0.05) is 31.8 Å². The zero-order chi connectivity index (χ0) is 18.5. The molecule has 7 heteroatoms. The van der Waals surface area contributed by atoms with E-state index in [1.165, 1.54) is 0 Å². The van der Waals surface area contributed by atoms with Crippen molar-refractivity contribution in [2.75, 3.05) is 13.2 Å². The van der Waals surface area contributed by atoms with Gasteiger partial charge >= 0.3 is 17.9 Å². The quantitative estimate of drug-likeness (QED) is 0.243. The van der Waals surface area contributed by atoms with Crippen molar-refractivity contribution >= 4 is 17.9 Å². The zero-order valence-corrected chi connectivity index (χ0v) is 14.9. The fraction of sp³-hybridized carbons (Fsp3) is 0.722. The normalized spacial score (nSPS) is 19.7. The van der Waals surface area contributed by atoms with Crippen LogP contribution in [0.4, 0.5) is 0 Å². The van der Waals surface area contributed by atoms with Crippen molar-refractivity contribution in [1.82, 2.24) is 0 Å². The van der Waals surface area contributed by atoms with Crippen LogP contribution in [0.1, 0.15) is 58.3 Å². The van der Waals surface area contributed by atoms with E-state index in [0.717, 1.165) is 18.9 Å². The van der Waals surface area contributed by atoms with Crippen LogP contribution in [0.2, 0.25) is 0 Å². The van der Waals surface area contributed by atoms with Crippen LogP contribution in [0.15, 0.2) is 12.7 Å². The Labute approximate surface area is 148 Å². The predicted octanol–water partition coefficient (Wildman–Crippen LogP) is 2.67. The van der Waals surface area contributed by atoms with Gasteiger partial charge in [-0.25, -0.2) is 4.79 Å². The highest BCUT2D eigenvalue weighted by atomic mass is 16.7. The van der Waals surface area contributed by atoms with E-state index in [9.17, 15) is 14.4 Å². The molecule has 0 aliphatic carbocycles. The van der Waals surface area contributed by atoms with Gasteiger partial charge in [-0.05, 0) is 19.3 Å². The van der Waals surface area contributed by atoms with Gasteiger partial charge < -0.3 is 18.9 Å². The van der Waals surface area contributed by atoms with Crippen LogP contribution in [0, 0.1) is 0 Å². The molecule has 0 bridgehead atoms. The molecule has 1 fully saturated rings. The second kappa shape index (κ2) is 12.5. The van der Waals surface area contributed by atoms with Gasteiger partial charge in [-0.1, -0.05) is 19.9 Å². The highest BCUT2D eigenvalue weighted by Crippen LogP contribution is 2.19. The molecule has 0 aromatic heterocycles. The molecule has 1 aliphatic heterocycles. The molecule has 0 amide bonds. The summed E-state index contributed by atoms with van der Waals surface area (Å²) in [6.45, 7) is 5.95. The van der Waals surface area contributed by atoms with Crippen LogP contribution >= 0.6 is 0 Å². The fourth-order valence-corrected chi connectivity index (χ4v) is 2.30. The average molecular weight is 356 g/mol. The molecular formula is C18H28O7. The van der Waals surface area contributed by atoms with Gasteiger partial charge in [-0.2, -0.15) is 0 Å². The van der Waals surface area contributed by atoms with Crippen molar-refractivity contribution in [2.24, 2.45) is 0 Å². The van der Waals surface area contributed by atoms with Gasteiger partial charge in [-0.15, -0.1) is 0 Å². The maximum atomic E-state index is 11.8. The van der Waals surface area contributed by atoms with Crippen molar-refractivity contribution < 1.29 is 33.3 Å². The molecule has 2 atom stereocenters. The standard InChI is InChI=1S/C18H28O7/c1-3-5-8-17(21)25-18-13-14(10-12-23-18)24-16(20)9-6-7-11-22-15(19)4-2/h4,14,18H,2-3,5-13H2,1H3. The molecule has 0 saturated carbocycles. The number of esters is 3. The fourth-order valence-electron chi connectivity index (χ4n) is 2.30. The molecule has 7 nitrogen and oxygen atoms in total. The van der Waals surface area contributed by atoms with Gasteiger partial charge in [0.2, 0.25) is 6.29 Å². The van der Waals surface area contributed by atoms with Crippen LogP contribution in [0.5, 0.6) is 0 Å². The second-order valence-electron chi connectivity index (χ2n) is 5.86. The summed E-state index contributed by atoms with van der Waals surface area (Å²) < 4.78 is 20.9. The maximum Gasteiger partial charge on any atom is 0.330 e. The maximum absolute atomic E-state index is 11.8. The minimum atomic E-state index is -0.644. The Morgan fingerprint density at radius 2 is 1.84 bits per heavy atom. The molecule has 1 saturated heterocycles. The van der Waals surface area contributed by atoms with E-state index in [1.807, 2.05) is 6.92 Å². The van der Waals surface area contributed by atoms with Crippen LogP contribution in [-0.4, -0.2) is 43.5 Å². The Balaban J connectivity index is 2.18. The summed E-state index contributed by atoms with van der Waals surface area (Å²) in [6.07, 6.45) is 4.60. The summed E-state index contributed by atoms with van der Waals surface area (Å²) in [7, 11) is 0. The summed E-state index contributed by atoms with van der Waals surface area (Å²) in [5.74, 6) is -1.06. The Morgan fingerprint density at radius 3 is 2.56 bits per heavy atom. The molecular weight excluding hydrogens is 328 g/mol. The lowest BCUT2D eigenvalue weighted by atomic mass is 10.1. The second-order valence-corrected chi connectivity index (χ2v) is 5.86. The number of carbonyl (C=O) groups excluding carboxylic acids is 3. The van der Waals surface area contributed by atoms with Gasteiger partial charge in [0.15, 0.2) is 0 Å². The lowest BCUT2D eigenvalue weighted by Crippen LogP contribution is -2.35. The molecule has 1 rings (SSSR count). The van der Waals surface area contributed by atoms with E-state index in [-0.39, 0.29) is 31.1 Å². The smallest absolute Gasteiger partial charge is 0.330 e. The summed E-state index contributed by atoms with van der Waals surface area (Å²) in [5, 5.41) is 0. The van der Waals surface area contributed by atoms with Crippen molar-refractivity contribution in [2.45, 2.75) is 70.7 Å². The third-order valence-corrected chi connectivity index (χ3v) is 3.68. The third-order valence-electron chi connectivity index (χ3n) is 3.68. The molecule has 0 spiro atoms. The van der Waals surface area contributed by atoms with Crippen LogP contribution in [0.3, 0.4) is 0 Å². The first-order valence-electron chi connectivity index (χ1n) is 8.85. The number of unbranched alkanes of at least 4 members (excludes halogenated alkanes) is 2. The minimum absolute atomic E-state index is 0.254. The predicted molar refractivity (Wildman–Crippen MR) is 89.5 cm³/mol. The van der Waals surface area contributed by atoms with E-state index >= 15 is 0 Å². The number of hydrogen-bond donors (Lipinski definition) is 0. The largest absolute Gasteiger partial charge is 0.463 e. The van der Waals surface area contributed by atoms with E-state index < -0.39 is 12.3 Å². The van der Waals surface area contributed by atoms with Gasteiger partial charge in [-0.3, -0.25) is 9.59 Å². The molecule has 1 heterocycles. The number of carbonyl (C=O) groups is 3. The number of ether oxygens (including phenoxy) is 4. The summed E-state index contributed by atoms with van der Waals surface area (Å²) in [6, 6.07) is 0. The summed E-state index contributed by atoms with van der Waals surface area (Å²) in [5.41, 5.74) is 0. The SMILES string of the molecule is C=CC(=O)OCCCCC(=O)OC1CCOC(OC(=O)CCCC)C1. The summed E-state index contributed by atoms with van der Waals surface area (Å²) >= 11 is 0. The molecule has 0 radical (unpaired) electrons. The molecule has 0 aromatic carbocycles. The van der Waals surface area contributed by atoms with Gasteiger partial charge in [0.25, 0.3) is 0 Å². The van der Waals surface area contributed by atoms with Crippen molar-refractivity contribution in [3.63, 3.8) is 0 Å². The molecule has 0 aromatic rings.